The number of benzene rings is 1. The van der Waals surface area contributed by atoms with E-state index in [4.69, 9.17) is 23.3 Å². The van der Waals surface area contributed by atoms with Crippen LogP contribution in [-0.2, 0) is 27.8 Å². The summed E-state index contributed by atoms with van der Waals surface area (Å²) in [5, 5.41) is 0. The van der Waals surface area contributed by atoms with E-state index in [0.717, 1.165) is 0 Å². The molecule has 6 atom stereocenters. The van der Waals surface area contributed by atoms with Crippen molar-refractivity contribution in [3.05, 3.63) is 35.6 Å². The van der Waals surface area contributed by atoms with E-state index in [2.05, 4.69) is 0 Å². The molecular weight excluding hydrogens is 350 g/mol. The molecule has 1 aromatic carbocycles. The van der Waals surface area contributed by atoms with Crippen molar-refractivity contribution in [3.8, 4) is 0 Å². The fraction of sp³-hybridized carbons (Fsp3) is 0.647. The normalized spacial score (nSPS) is 42.2. The number of hydrogen-bond acceptors (Lipinski definition) is 6. The second-order valence-electron chi connectivity index (χ2n) is 7.05. The van der Waals surface area contributed by atoms with E-state index in [0.29, 0.717) is 18.1 Å². The van der Waals surface area contributed by atoms with Crippen LogP contribution in [0, 0.1) is 5.82 Å². The number of ether oxygens (including phenoxy) is 3. The molecule has 0 saturated carbocycles. The summed E-state index contributed by atoms with van der Waals surface area (Å²) in [6.07, 6.45) is -1.85. The summed E-state index contributed by atoms with van der Waals surface area (Å²) in [6.45, 7) is 5.51. The van der Waals surface area contributed by atoms with E-state index in [1.165, 1.54) is 12.1 Å². The van der Waals surface area contributed by atoms with E-state index in [-0.39, 0.29) is 5.82 Å². The summed E-state index contributed by atoms with van der Waals surface area (Å²) in [5.74, 6) is -1.14. The third-order valence-corrected chi connectivity index (χ3v) is 6.69. The van der Waals surface area contributed by atoms with Gasteiger partial charge in [-0.3, -0.25) is 13.6 Å². The highest BCUT2D eigenvalue weighted by atomic mass is 31.2. The second-order valence-corrected chi connectivity index (χ2v) is 9.14. The summed E-state index contributed by atoms with van der Waals surface area (Å²) in [4.78, 5) is 0. The Balaban J connectivity index is 1.67. The summed E-state index contributed by atoms with van der Waals surface area (Å²) in [7, 11) is -3.32. The van der Waals surface area contributed by atoms with Crippen LogP contribution in [0.15, 0.2) is 24.3 Å². The Labute approximate surface area is 146 Å². The monoisotopic (exact) mass is 372 g/mol. The molecule has 0 unspecified atom stereocenters. The van der Waals surface area contributed by atoms with E-state index in [1.807, 2.05) is 6.92 Å². The Morgan fingerprint density at radius 2 is 1.80 bits per heavy atom. The van der Waals surface area contributed by atoms with Gasteiger partial charge in [0.25, 0.3) is 0 Å². The van der Waals surface area contributed by atoms with Gasteiger partial charge in [0.2, 0.25) is 0 Å². The van der Waals surface area contributed by atoms with Gasteiger partial charge in [-0.05, 0) is 38.0 Å². The zero-order chi connectivity index (χ0) is 17.8. The molecule has 3 aliphatic heterocycles. The molecule has 3 fully saturated rings. The Kier molecular flexibility index (Phi) is 4.30. The Hall–Kier alpha value is -0.820. The van der Waals surface area contributed by atoms with Crippen LogP contribution < -0.4 is 0 Å². The first-order valence-corrected chi connectivity index (χ1v) is 10.3. The van der Waals surface area contributed by atoms with Crippen LogP contribution in [0.25, 0.3) is 0 Å². The molecule has 3 aliphatic rings. The lowest BCUT2D eigenvalue weighted by Gasteiger charge is -2.39. The minimum Gasteiger partial charge on any atom is -0.341 e. The van der Waals surface area contributed by atoms with Crippen molar-refractivity contribution in [2.75, 3.05) is 6.16 Å². The summed E-state index contributed by atoms with van der Waals surface area (Å²) in [6, 6.07) is 5.92. The van der Waals surface area contributed by atoms with E-state index >= 15 is 0 Å². The zero-order valence-corrected chi connectivity index (χ0v) is 15.3. The van der Waals surface area contributed by atoms with Crippen molar-refractivity contribution in [2.45, 2.75) is 63.7 Å². The quantitative estimate of drug-likeness (QED) is 0.753. The van der Waals surface area contributed by atoms with Crippen molar-refractivity contribution < 1.29 is 32.2 Å². The van der Waals surface area contributed by atoms with Gasteiger partial charge in [-0.2, -0.15) is 0 Å². The lowest BCUT2D eigenvalue weighted by Crippen LogP contribution is -2.43. The second kappa shape index (κ2) is 6.12. The molecule has 3 heterocycles. The SMILES string of the molecule is CCC[P@]1(=O)O[C@@H]2[C@H]3OC(C)(C)O[C@H]3O[C@@H]2[C@H](c2ccc(F)cc2)O1. The largest absolute Gasteiger partial charge is 0.341 e. The third-order valence-electron chi connectivity index (χ3n) is 4.58. The minimum atomic E-state index is -3.32. The molecule has 0 aromatic heterocycles. The van der Waals surface area contributed by atoms with Gasteiger partial charge in [0.05, 0.1) is 0 Å². The Morgan fingerprint density at radius 1 is 1.08 bits per heavy atom. The highest BCUT2D eigenvalue weighted by Gasteiger charge is 2.62. The Morgan fingerprint density at radius 3 is 2.48 bits per heavy atom. The van der Waals surface area contributed by atoms with E-state index in [9.17, 15) is 8.96 Å². The summed E-state index contributed by atoms with van der Waals surface area (Å²) in [5.41, 5.74) is 0.690. The molecule has 0 amide bonds. The fourth-order valence-corrected chi connectivity index (χ4v) is 5.60. The van der Waals surface area contributed by atoms with Crippen LogP contribution in [0.3, 0.4) is 0 Å². The smallest absolute Gasteiger partial charge is 0.331 e. The number of halogens is 1. The van der Waals surface area contributed by atoms with Gasteiger partial charge in [0.15, 0.2) is 12.1 Å². The van der Waals surface area contributed by atoms with Gasteiger partial charge in [0.1, 0.15) is 30.2 Å². The molecule has 0 aliphatic carbocycles. The molecule has 6 nitrogen and oxygen atoms in total. The molecule has 4 rings (SSSR count). The van der Waals surface area contributed by atoms with Crippen LogP contribution in [0.2, 0.25) is 0 Å². The molecule has 3 saturated heterocycles. The van der Waals surface area contributed by atoms with Crippen molar-refractivity contribution in [2.24, 2.45) is 0 Å². The van der Waals surface area contributed by atoms with Crippen molar-refractivity contribution >= 4 is 7.60 Å². The topological polar surface area (TPSA) is 63.2 Å². The van der Waals surface area contributed by atoms with E-state index in [1.54, 1.807) is 26.0 Å². The van der Waals surface area contributed by atoms with Crippen molar-refractivity contribution in [1.82, 2.24) is 0 Å². The van der Waals surface area contributed by atoms with Gasteiger partial charge in [-0.1, -0.05) is 19.1 Å². The standard InChI is InChI=1S/C17H22FO6P/c1-4-9-25(19)23-12(10-5-7-11(18)8-6-10)13-14(24-25)15-16(20-13)22-17(2,3)21-15/h5-8,12-16H,4,9H2,1-3H3/t12-,13+,14-,15+,16+,25+/m0/s1. The highest BCUT2D eigenvalue weighted by molar-refractivity contribution is 7.53. The van der Waals surface area contributed by atoms with Crippen LogP contribution in [0.5, 0.6) is 0 Å². The van der Waals surface area contributed by atoms with Crippen molar-refractivity contribution in [1.29, 1.82) is 0 Å². The minimum absolute atomic E-state index is 0.301. The highest BCUT2D eigenvalue weighted by Crippen LogP contribution is 2.62. The molecule has 0 N–H and O–H groups in total. The van der Waals surface area contributed by atoms with Gasteiger partial charge >= 0.3 is 7.60 Å². The lowest BCUT2D eigenvalue weighted by atomic mass is 9.99. The van der Waals surface area contributed by atoms with Crippen LogP contribution in [-0.4, -0.2) is 36.6 Å². The van der Waals surface area contributed by atoms with E-state index < -0.39 is 44.1 Å². The Bertz CT molecular complexity index is 693. The predicted molar refractivity (Wildman–Crippen MR) is 86.6 cm³/mol. The third kappa shape index (κ3) is 3.18. The number of rotatable bonds is 3. The summed E-state index contributed by atoms with van der Waals surface area (Å²) < 4.78 is 55.7. The number of fused-ring (bicyclic) bond motifs is 3. The molecule has 8 heteroatoms. The van der Waals surface area contributed by atoms with Crippen LogP contribution in [0.4, 0.5) is 4.39 Å². The summed E-state index contributed by atoms with van der Waals surface area (Å²) >= 11 is 0. The number of hydrogen-bond donors (Lipinski definition) is 0. The zero-order valence-electron chi connectivity index (χ0n) is 14.4. The average molecular weight is 372 g/mol. The molecule has 0 bridgehead atoms. The molecule has 0 radical (unpaired) electrons. The van der Waals surface area contributed by atoms with Crippen molar-refractivity contribution in [3.63, 3.8) is 0 Å². The fourth-order valence-electron chi connectivity index (χ4n) is 3.59. The molecular formula is C17H22FO6P. The van der Waals surface area contributed by atoms with Gasteiger partial charge in [0, 0.05) is 6.16 Å². The molecule has 0 spiro atoms. The molecule has 138 valence electrons. The van der Waals surface area contributed by atoms with Crippen LogP contribution in [0.1, 0.15) is 38.9 Å². The first-order valence-electron chi connectivity index (χ1n) is 8.53. The van der Waals surface area contributed by atoms with Gasteiger partial charge in [-0.15, -0.1) is 0 Å². The lowest BCUT2D eigenvalue weighted by molar-refractivity contribution is -0.229. The molecule has 25 heavy (non-hydrogen) atoms. The first-order chi connectivity index (χ1) is 11.8. The predicted octanol–water partition coefficient (Wildman–Crippen LogP) is 3.76. The first kappa shape index (κ1) is 17.6. The maximum absolute atomic E-state index is 13.3. The average Bonchev–Trinajstić information content (AvgIpc) is 3.00. The van der Waals surface area contributed by atoms with Gasteiger partial charge in [-0.25, -0.2) is 4.39 Å². The maximum atomic E-state index is 13.3. The van der Waals surface area contributed by atoms with Crippen LogP contribution >= 0.6 is 7.60 Å². The molecule has 1 aromatic rings. The van der Waals surface area contributed by atoms with Gasteiger partial charge < -0.3 is 14.2 Å². The maximum Gasteiger partial charge on any atom is 0.331 e.